The Morgan fingerprint density at radius 3 is 2.17 bits per heavy atom. The van der Waals surface area contributed by atoms with Crippen LogP contribution < -0.4 is 0 Å². The minimum Gasteiger partial charge on any atom is -0.294 e. The molecule has 18 heavy (non-hydrogen) atoms. The SMILES string of the molecule is C[Si](C)(C)OS(=O)(=O)OC1CCC(O[SH](=O)=O)C1. The van der Waals surface area contributed by atoms with Crippen LogP contribution in [0.25, 0.3) is 0 Å². The molecule has 0 bridgehead atoms. The summed E-state index contributed by atoms with van der Waals surface area (Å²) in [6.07, 6.45) is 0.0420. The second kappa shape index (κ2) is 5.97. The topological polar surface area (TPSA) is 96.0 Å². The zero-order chi connectivity index (χ0) is 14.0. The molecular weight excluding hydrogens is 300 g/mol. The van der Waals surface area contributed by atoms with Crippen LogP contribution in [0.1, 0.15) is 19.3 Å². The lowest BCUT2D eigenvalue weighted by Crippen LogP contribution is -2.32. The van der Waals surface area contributed by atoms with Crippen LogP contribution >= 0.6 is 0 Å². The van der Waals surface area contributed by atoms with Gasteiger partial charge in [0.2, 0.25) is 8.32 Å². The van der Waals surface area contributed by atoms with Crippen molar-refractivity contribution in [1.29, 1.82) is 0 Å². The van der Waals surface area contributed by atoms with E-state index < -0.39 is 41.9 Å². The maximum Gasteiger partial charge on any atom is 0.390 e. The Bertz CT molecular complexity index is 443. The Balaban J connectivity index is 2.50. The average molecular weight is 318 g/mol. The molecule has 0 heterocycles. The van der Waals surface area contributed by atoms with Crippen LogP contribution in [0.5, 0.6) is 0 Å². The van der Waals surface area contributed by atoms with Gasteiger partial charge in [0.05, 0.1) is 12.2 Å². The van der Waals surface area contributed by atoms with E-state index in [0.717, 1.165) is 0 Å². The summed E-state index contributed by atoms with van der Waals surface area (Å²) in [4.78, 5) is 0. The average Bonchev–Trinajstić information content (AvgIpc) is 2.44. The van der Waals surface area contributed by atoms with E-state index >= 15 is 0 Å². The molecule has 0 saturated heterocycles. The van der Waals surface area contributed by atoms with E-state index in [1.165, 1.54) is 0 Å². The van der Waals surface area contributed by atoms with Crippen molar-refractivity contribution in [2.24, 2.45) is 0 Å². The molecule has 0 amide bonds. The molecule has 1 rings (SSSR count). The monoisotopic (exact) mass is 318 g/mol. The number of hydrogen-bond acceptors (Lipinski definition) is 7. The molecule has 2 unspecified atom stereocenters. The van der Waals surface area contributed by atoms with Crippen molar-refractivity contribution in [3.8, 4) is 0 Å². The molecule has 108 valence electrons. The van der Waals surface area contributed by atoms with Gasteiger partial charge in [0, 0.05) is 6.42 Å². The Hall–Kier alpha value is -0.00312. The summed E-state index contributed by atoms with van der Waals surface area (Å²) in [6, 6.07) is 0. The molecule has 0 radical (unpaired) electrons. The summed E-state index contributed by atoms with van der Waals surface area (Å²) in [5, 5.41) is 0. The molecule has 10 heteroatoms. The maximum absolute atomic E-state index is 11.6. The lowest BCUT2D eigenvalue weighted by molar-refractivity contribution is 0.164. The number of hydrogen-bond donors (Lipinski definition) is 1. The predicted octanol–water partition coefficient (Wildman–Crippen LogP) is 0.563. The fourth-order valence-corrected chi connectivity index (χ4v) is 5.25. The zero-order valence-electron chi connectivity index (χ0n) is 10.5. The van der Waals surface area contributed by atoms with Crippen LogP contribution in [0.15, 0.2) is 0 Å². The quantitative estimate of drug-likeness (QED) is 0.564. The molecule has 2 atom stereocenters. The Morgan fingerprint density at radius 1 is 1.11 bits per heavy atom. The molecule has 0 spiro atoms. The number of rotatable bonds is 6. The first-order chi connectivity index (χ1) is 8.07. The molecule has 1 aliphatic carbocycles. The molecule has 1 fully saturated rings. The molecule has 0 aromatic heterocycles. The van der Waals surface area contributed by atoms with E-state index in [9.17, 15) is 16.8 Å². The van der Waals surface area contributed by atoms with Gasteiger partial charge < -0.3 is 0 Å². The first kappa shape index (κ1) is 16.1. The minimum absolute atomic E-state index is 0.234. The van der Waals surface area contributed by atoms with Gasteiger partial charge in [-0.1, -0.05) is 0 Å². The predicted molar refractivity (Wildman–Crippen MR) is 67.3 cm³/mol. The van der Waals surface area contributed by atoms with Crippen molar-refractivity contribution in [1.82, 2.24) is 0 Å². The van der Waals surface area contributed by atoms with E-state index in [1.54, 1.807) is 19.6 Å². The third-order valence-corrected chi connectivity index (χ3v) is 5.97. The van der Waals surface area contributed by atoms with Crippen LogP contribution in [0, 0.1) is 0 Å². The van der Waals surface area contributed by atoms with E-state index in [2.05, 4.69) is 4.18 Å². The van der Waals surface area contributed by atoms with Crippen molar-refractivity contribution in [3.05, 3.63) is 0 Å². The second-order valence-electron chi connectivity index (χ2n) is 5.09. The summed E-state index contributed by atoms with van der Waals surface area (Å²) in [5.74, 6) is 0. The normalized spacial score (nSPS) is 25.8. The standard InChI is InChI=1S/C8H18O7S2Si/c1-18(2,3)15-17(11,12)14-8-5-4-7(6-8)13-16(9)10/h7-8,16H,4-6H2,1-3H3. The summed E-state index contributed by atoms with van der Waals surface area (Å²) in [6.45, 7) is 5.20. The van der Waals surface area contributed by atoms with Crippen molar-refractivity contribution < 1.29 is 29.1 Å². The zero-order valence-corrected chi connectivity index (χ0v) is 13.2. The van der Waals surface area contributed by atoms with Gasteiger partial charge in [0.1, 0.15) is 0 Å². The minimum atomic E-state index is -4.02. The van der Waals surface area contributed by atoms with Gasteiger partial charge in [-0.2, -0.15) is 8.42 Å². The molecule has 0 aliphatic heterocycles. The second-order valence-corrected chi connectivity index (χ2v) is 11.6. The summed E-state index contributed by atoms with van der Waals surface area (Å²) in [5.41, 5.74) is 0. The fourth-order valence-electron chi connectivity index (χ4n) is 1.70. The fraction of sp³-hybridized carbons (Fsp3) is 1.00. The smallest absolute Gasteiger partial charge is 0.294 e. The van der Waals surface area contributed by atoms with Crippen LogP contribution in [0.2, 0.25) is 19.6 Å². The van der Waals surface area contributed by atoms with Crippen molar-refractivity contribution in [2.45, 2.75) is 51.1 Å². The van der Waals surface area contributed by atoms with Gasteiger partial charge in [-0.25, -0.2) is 12.6 Å². The summed E-state index contributed by atoms with van der Waals surface area (Å²) >= 11 is 0. The highest BCUT2D eigenvalue weighted by atomic mass is 32.3. The lowest BCUT2D eigenvalue weighted by Gasteiger charge is -2.18. The van der Waals surface area contributed by atoms with Crippen LogP contribution in [0.4, 0.5) is 0 Å². The molecular formula is C8H18O7S2Si. The van der Waals surface area contributed by atoms with E-state index in [-0.39, 0.29) is 6.42 Å². The molecule has 1 aliphatic rings. The van der Waals surface area contributed by atoms with Gasteiger partial charge in [-0.15, -0.1) is 0 Å². The molecule has 1 saturated carbocycles. The van der Waals surface area contributed by atoms with Crippen molar-refractivity contribution in [3.63, 3.8) is 0 Å². The molecule has 0 N–H and O–H groups in total. The van der Waals surface area contributed by atoms with Gasteiger partial charge in [0.25, 0.3) is 11.0 Å². The highest BCUT2D eigenvalue weighted by molar-refractivity contribution is 7.83. The van der Waals surface area contributed by atoms with E-state index in [1.807, 2.05) is 0 Å². The molecule has 0 aromatic carbocycles. The van der Waals surface area contributed by atoms with E-state index in [0.29, 0.717) is 12.8 Å². The molecule has 7 nitrogen and oxygen atoms in total. The van der Waals surface area contributed by atoms with Gasteiger partial charge in [-0.3, -0.25) is 8.06 Å². The van der Waals surface area contributed by atoms with Gasteiger partial charge in [-0.05, 0) is 32.5 Å². The largest absolute Gasteiger partial charge is 0.390 e. The lowest BCUT2D eigenvalue weighted by atomic mass is 10.3. The summed E-state index contributed by atoms with van der Waals surface area (Å²) in [7, 11) is -9.18. The third kappa shape index (κ3) is 6.25. The van der Waals surface area contributed by atoms with E-state index in [4.69, 9.17) is 8.06 Å². The Morgan fingerprint density at radius 2 is 1.67 bits per heavy atom. The molecule has 0 aromatic rings. The maximum atomic E-state index is 11.6. The third-order valence-electron chi connectivity index (χ3n) is 2.18. The first-order valence-electron chi connectivity index (χ1n) is 5.52. The summed E-state index contributed by atoms with van der Waals surface area (Å²) < 4.78 is 58.3. The van der Waals surface area contributed by atoms with Crippen molar-refractivity contribution in [2.75, 3.05) is 0 Å². The highest BCUT2D eigenvalue weighted by Crippen LogP contribution is 2.27. The first-order valence-corrected chi connectivity index (χ1v) is 11.4. The van der Waals surface area contributed by atoms with Crippen LogP contribution in [-0.2, 0) is 33.6 Å². The Labute approximate surface area is 110 Å². The van der Waals surface area contributed by atoms with Gasteiger partial charge >= 0.3 is 10.4 Å². The van der Waals surface area contributed by atoms with Crippen molar-refractivity contribution >= 4 is 29.7 Å². The highest BCUT2D eigenvalue weighted by Gasteiger charge is 2.33. The van der Waals surface area contributed by atoms with Crippen LogP contribution in [-0.4, -0.2) is 37.4 Å². The van der Waals surface area contributed by atoms with Gasteiger partial charge in [0.15, 0.2) is 0 Å². The Kier molecular flexibility index (Phi) is 5.32. The number of thiol groups is 1. The van der Waals surface area contributed by atoms with Crippen LogP contribution in [0.3, 0.4) is 0 Å².